The maximum absolute atomic E-state index is 9.10. The Kier molecular flexibility index (Phi) is 3.69. The molecule has 0 unspecified atom stereocenters. The summed E-state index contributed by atoms with van der Waals surface area (Å²) < 4.78 is 0. The van der Waals surface area contributed by atoms with E-state index in [2.05, 4.69) is 36.4 Å². The molecule has 2 nitrogen and oxygen atoms in total. The lowest BCUT2D eigenvalue weighted by Crippen LogP contribution is -1.85. The predicted octanol–water partition coefficient (Wildman–Crippen LogP) is 4.76. The zero-order chi connectivity index (χ0) is 15.4. The van der Waals surface area contributed by atoms with Gasteiger partial charge in [0.1, 0.15) is 0 Å². The van der Waals surface area contributed by atoms with E-state index in [0.717, 1.165) is 22.3 Å². The fraction of sp³-hybridized carbons (Fsp3) is 0. The predicted molar refractivity (Wildman–Crippen MR) is 86.7 cm³/mol. The molecule has 0 fully saturated rings. The number of nitriles is 2. The second kappa shape index (κ2) is 5.95. The second-order valence-corrected chi connectivity index (χ2v) is 4.97. The monoisotopic (exact) mass is 280 g/mol. The van der Waals surface area contributed by atoms with Crippen LogP contribution in [0.3, 0.4) is 0 Å². The fourth-order valence-electron chi connectivity index (χ4n) is 2.43. The zero-order valence-electron chi connectivity index (χ0n) is 11.8. The van der Waals surface area contributed by atoms with Crippen LogP contribution in [0.1, 0.15) is 11.1 Å². The van der Waals surface area contributed by atoms with Crippen molar-refractivity contribution >= 4 is 0 Å². The van der Waals surface area contributed by atoms with Gasteiger partial charge in [-0.05, 0) is 46.5 Å². The summed E-state index contributed by atoms with van der Waals surface area (Å²) in [6, 6.07) is 27.7. The molecule has 0 heterocycles. The van der Waals surface area contributed by atoms with Gasteiger partial charge in [-0.15, -0.1) is 0 Å². The van der Waals surface area contributed by atoms with E-state index in [4.69, 9.17) is 10.5 Å². The van der Waals surface area contributed by atoms with Crippen LogP contribution in [0.2, 0.25) is 0 Å². The van der Waals surface area contributed by atoms with Gasteiger partial charge in [-0.3, -0.25) is 0 Å². The fourth-order valence-corrected chi connectivity index (χ4v) is 2.43. The van der Waals surface area contributed by atoms with E-state index in [1.807, 2.05) is 42.5 Å². The average Bonchev–Trinajstić information content (AvgIpc) is 2.62. The summed E-state index contributed by atoms with van der Waals surface area (Å²) in [4.78, 5) is 0. The van der Waals surface area contributed by atoms with Crippen molar-refractivity contribution in [3.63, 3.8) is 0 Å². The lowest BCUT2D eigenvalue weighted by Gasteiger charge is -2.07. The summed E-state index contributed by atoms with van der Waals surface area (Å²) in [5, 5.41) is 18.2. The molecule has 3 aromatic carbocycles. The minimum Gasteiger partial charge on any atom is -0.192 e. The summed E-state index contributed by atoms with van der Waals surface area (Å²) in [6.45, 7) is 0. The van der Waals surface area contributed by atoms with E-state index in [0.29, 0.717) is 11.1 Å². The summed E-state index contributed by atoms with van der Waals surface area (Å²) >= 11 is 0. The number of nitrogens with zero attached hydrogens (tertiary/aromatic N) is 2. The van der Waals surface area contributed by atoms with E-state index in [1.54, 1.807) is 6.07 Å². The highest BCUT2D eigenvalue weighted by Gasteiger charge is 2.05. The highest BCUT2D eigenvalue weighted by molar-refractivity contribution is 5.74. The van der Waals surface area contributed by atoms with Crippen LogP contribution in [0.4, 0.5) is 0 Å². The SMILES string of the molecule is N#Cc1cc(C#N)cc(-c2cccc(-c3ccccc3)c2)c1. The zero-order valence-corrected chi connectivity index (χ0v) is 11.8. The minimum atomic E-state index is 0.499. The molecular formula is C20H12N2. The molecule has 0 radical (unpaired) electrons. The van der Waals surface area contributed by atoms with E-state index in [-0.39, 0.29) is 0 Å². The van der Waals surface area contributed by atoms with Crippen molar-refractivity contribution in [1.82, 2.24) is 0 Å². The molecular weight excluding hydrogens is 268 g/mol. The van der Waals surface area contributed by atoms with E-state index in [9.17, 15) is 0 Å². The van der Waals surface area contributed by atoms with E-state index >= 15 is 0 Å². The topological polar surface area (TPSA) is 47.6 Å². The highest BCUT2D eigenvalue weighted by Crippen LogP contribution is 2.27. The van der Waals surface area contributed by atoms with E-state index in [1.165, 1.54) is 0 Å². The molecule has 0 atom stereocenters. The molecule has 0 N–H and O–H groups in total. The molecule has 0 bridgehead atoms. The Morgan fingerprint density at radius 1 is 0.500 bits per heavy atom. The Bertz CT molecular complexity index is 865. The Balaban J connectivity index is 2.11. The first kappa shape index (κ1) is 13.6. The van der Waals surface area contributed by atoms with Gasteiger partial charge in [0.2, 0.25) is 0 Å². The Morgan fingerprint density at radius 3 is 1.64 bits per heavy atom. The molecule has 0 saturated carbocycles. The van der Waals surface area contributed by atoms with Crippen LogP contribution in [-0.4, -0.2) is 0 Å². The van der Waals surface area contributed by atoms with Crippen molar-refractivity contribution in [2.75, 3.05) is 0 Å². The van der Waals surface area contributed by atoms with Crippen molar-refractivity contribution in [3.8, 4) is 34.4 Å². The van der Waals surface area contributed by atoms with Crippen LogP contribution in [0.25, 0.3) is 22.3 Å². The van der Waals surface area contributed by atoms with Crippen molar-refractivity contribution in [1.29, 1.82) is 10.5 Å². The molecule has 102 valence electrons. The third-order valence-corrected chi connectivity index (χ3v) is 3.49. The van der Waals surface area contributed by atoms with Gasteiger partial charge in [0.15, 0.2) is 0 Å². The molecule has 0 aromatic heterocycles. The van der Waals surface area contributed by atoms with Gasteiger partial charge in [-0.1, -0.05) is 48.5 Å². The van der Waals surface area contributed by atoms with Gasteiger partial charge < -0.3 is 0 Å². The molecule has 0 amide bonds. The number of benzene rings is 3. The van der Waals surface area contributed by atoms with Gasteiger partial charge in [0.25, 0.3) is 0 Å². The van der Waals surface area contributed by atoms with Crippen LogP contribution < -0.4 is 0 Å². The third kappa shape index (κ3) is 2.73. The lowest BCUT2D eigenvalue weighted by atomic mass is 9.97. The molecule has 0 saturated heterocycles. The quantitative estimate of drug-likeness (QED) is 0.679. The standard InChI is InChI=1S/C20H12N2/c21-13-15-9-16(14-22)11-20(10-15)19-8-4-7-18(12-19)17-5-2-1-3-6-17/h1-12H. The molecule has 0 aliphatic rings. The summed E-state index contributed by atoms with van der Waals surface area (Å²) in [5.74, 6) is 0. The molecule has 0 aliphatic carbocycles. The van der Waals surface area contributed by atoms with Crippen LogP contribution in [0, 0.1) is 22.7 Å². The summed E-state index contributed by atoms with van der Waals surface area (Å²) in [6.07, 6.45) is 0. The van der Waals surface area contributed by atoms with Crippen molar-refractivity contribution < 1.29 is 0 Å². The first-order valence-corrected chi connectivity index (χ1v) is 6.91. The molecule has 2 heteroatoms. The maximum Gasteiger partial charge on any atom is 0.0992 e. The Labute approximate surface area is 129 Å². The Morgan fingerprint density at radius 2 is 1.05 bits per heavy atom. The second-order valence-electron chi connectivity index (χ2n) is 4.97. The maximum atomic E-state index is 9.10. The van der Waals surface area contributed by atoms with Crippen LogP contribution >= 0.6 is 0 Å². The van der Waals surface area contributed by atoms with Gasteiger partial charge in [0.05, 0.1) is 23.3 Å². The first-order chi connectivity index (χ1) is 10.8. The van der Waals surface area contributed by atoms with Crippen LogP contribution in [-0.2, 0) is 0 Å². The first-order valence-electron chi connectivity index (χ1n) is 6.91. The molecule has 0 spiro atoms. The van der Waals surface area contributed by atoms with E-state index < -0.39 is 0 Å². The number of rotatable bonds is 2. The van der Waals surface area contributed by atoms with Crippen molar-refractivity contribution in [3.05, 3.63) is 83.9 Å². The van der Waals surface area contributed by atoms with Crippen molar-refractivity contribution in [2.45, 2.75) is 0 Å². The van der Waals surface area contributed by atoms with Crippen LogP contribution in [0.5, 0.6) is 0 Å². The average molecular weight is 280 g/mol. The van der Waals surface area contributed by atoms with Gasteiger partial charge in [-0.2, -0.15) is 10.5 Å². The molecule has 3 aromatic rings. The largest absolute Gasteiger partial charge is 0.192 e. The van der Waals surface area contributed by atoms with Gasteiger partial charge in [0, 0.05) is 0 Å². The minimum absolute atomic E-state index is 0.499. The molecule has 22 heavy (non-hydrogen) atoms. The third-order valence-electron chi connectivity index (χ3n) is 3.49. The van der Waals surface area contributed by atoms with Crippen molar-refractivity contribution in [2.24, 2.45) is 0 Å². The van der Waals surface area contributed by atoms with Gasteiger partial charge >= 0.3 is 0 Å². The number of hydrogen-bond donors (Lipinski definition) is 0. The smallest absolute Gasteiger partial charge is 0.0992 e. The summed E-state index contributed by atoms with van der Waals surface area (Å²) in [5.41, 5.74) is 5.13. The summed E-state index contributed by atoms with van der Waals surface area (Å²) in [7, 11) is 0. The molecule has 3 rings (SSSR count). The molecule has 0 aliphatic heterocycles. The normalized spacial score (nSPS) is 9.73. The van der Waals surface area contributed by atoms with Gasteiger partial charge in [-0.25, -0.2) is 0 Å². The Hall–Kier alpha value is -3.36. The lowest BCUT2D eigenvalue weighted by molar-refractivity contribution is 1.44. The van der Waals surface area contributed by atoms with Crippen LogP contribution in [0.15, 0.2) is 72.8 Å². The number of hydrogen-bond acceptors (Lipinski definition) is 2. The highest BCUT2D eigenvalue weighted by atomic mass is 14.3.